The second-order valence-corrected chi connectivity index (χ2v) is 7.11. The van der Waals surface area contributed by atoms with Gasteiger partial charge in [0, 0.05) is 5.69 Å². The van der Waals surface area contributed by atoms with Crippen LogP contribution in [0.5, 0.6) is 0 Å². The molecule has 0 radical (unpaired) electrons. The number of amides is 2. The number of carbonyl (C=O) groups is 2. The second kappa shape index (κ2) is 8.92. The number of rotatable bonds is 6. The Balaban J connectivity index is 2.06. The van der Waals surface area contributed by atoms with Crippen LogP contribution in [-0.2, 0) is 16.0 Å². The summed E-state index contributed by atoms with van der Waals surface area (Å²) in [5.41, 5.74) is 7.25. The monoisotopic (exact) mass is 393 g/mol. The summed E-state index contributed by atoms with van der Waals surface area (Å²) in [7, 11) is 0. The largest absolute Gasteiger partial charge is 0.396 e. The molecule has 0 unspecified atom stereocenters. The van der Waals surface area contributed by atoms with Crippen LogP contribution in [-0.4, -0.2) is 17.9 Å². The SMILES string of the molecule is CC(C)[C@H](NC(=O)Cc1ccccc1)C(=O)Nc1cc(Cl)c(N)c(Cl)c1. The summed E-state index contributed by atoms with van der Waals surface area (Å²) in [4.78, 5) is 24.9. The van der Waals surface area contributed by atoms with Crippen LogP contribution in [0.25, 0.3) is 0 Å². The number of nitrogens with two attached hydrogens (primary N) is 1. The van der Waals surface area contributed by atoms with E-state index in [2.05, 4.69) is 10.6 Å². The number of nitrogen functional groups attached to an aromatic ring is 1. The maximum Gasteiger partial charge on any atom is 0.247 e. The second-order valence-electron chi connectivity index (χ2n) is 6.29. The Hall–Kier alpha value is -2.24. The van der Waals surface area contributed by atoms with E-state index in [4.69, 9.17) is 28.9 Å². The smallest absolute Gasteiger partial charge is 0.247 e. The Morgan fingerprint density at radius 2 is 1.65 bits per heavy atom. The zero-order valence-corrected chi connectivity index (χ0v) is 16.1. The molecular weight excluding hydrogens is 373 g/mol. The molecule has 1 atom stereocenters. The topological polar surface area (TPSA) is 84.2 Å². The van der Waals surface area contributed by atoms with Crippen molar-refractivity contribution >= 4 is 46.4 Å². The third-order valence-electron chi connectivity index (χ3n) is 3.82. The Morgan fingerprint density at radius 1 is 1.08 bits per heavy atom. The average Bonchev–Trinajstić information content (AvgIpc) is 2.58. The van der Waals surface area contributed by atoms with Gasteiger partial charge in [-0.25, -0.2) is 0 Å². The summed E-state index contributed by atoms with van der Waals surface area (Å²) >= 11 is 12.0. The van der Waals surface area contributed by atoms with Crippen molar-refractivity contribution in [3.8, 4) is 0 Å². The van der Waals surface area contributed by atoms with E-state index in [0.29, 0.717) is 5.69 Å². The number of halogens is 2. The van der Waals surface area contributed by atoms with Crippen LogP contribution in [0.15, 0.2) is 42.5 Å². The van der Waals surface area contributed by atoms with E-state index in [1.54, 1.807) is 0 Å². The number of hydrogen-bond donors (Lipinski definition) is 3. The summed E-state index contributed by atoms with van der Waals surface area (Å²) < 4.78 is 0. The first kappa shape index (κ1) is 20.1. The van der Waals surface area contributed by atoms with E-state index >= 15 is 0 Å². The molecule has 0 heterocycles. The van der Waals surface area contributed by atoms with Gasteiger partial charge in [0.05, 0.1) is 22.2 Å². The molecule has 0 aliphatic carbocycles. The van der Waals surface area contributed by atoms with Gasteiger partial charge >= 0.3 is 0 Å². The molecular formula is C19H21Cl2N3O2. The molecule has 0 aliphatic heterocycles. The lowest BCUT2D eigenvalue weighted by Crippen LogP contribution is -2.47. The third-order valence-corrected chi connectivity index (χ3v) is 4.45. The van der Waals surface area contributed by atoms with Gasteiger partial charge in [-0.05, 0) is 23.6 Å². The predicted octanol–water partition coefficient (Wildman–Crippen LogP) is 3.90. The molecule has 4 N–H and O–H groups in total. The summed E-state index contributed by atoms with van der Waals surface area (Å²) in [6, 6.07) is 11.7. The van der Waals surface area contributed by atoms with Crippen molar-refractivity contribution < 1.29 is 9.59 Å². The van der Waals surface area contributed by atoms with Crippen LogP contribution in [0, 0.1) is 5.92 Å². The number of benzene rings is 2. The molecule has 138 valence electrons. The van der Waals surface area contributed by atoms with E-state index < -0.39 is 6.04 Å². The number of carbonyl (C=O) groups excluding carboxylic acids is 2. The van der Waals surface area contributed by atoms with Gasteiger partial charge in [0.25, 0.3) is 0 Å². The van der Waals surface area contributed by atoms with Crippen molar-refractivity contribution in [2.24, 2.45) is 5.92 Å². The fourth-order valence-electron chi connectivity index (χ4n) is 2.42. The van der Waals surface area contributed by atoms with Crippen LogP contribution in [0.2, 0.25) is 10.0 Å². The number of anilines is 2. The van der Waals surface area contributed by atoms with Crippen molar-refractivity contribution in [3.05, 3.63) is 58.1 Å². The van der Waals surface area contributed by atoms with E-state index in [1.807, 2.05) is 44.2 Å². The molecule has 2 rings (SSSR count). The van der Waals surface area contributed by atoms with Gasteiger partial charge in [-0.3, -0.25) is 9.59 Å². The van der Waals surface area contributed by atoms with Gasteiger partial charge in [0.2, 0.25) is 11.8 Å². The molecule has 2 aromatic rings. The highest BCUT2D eigenvalue weighted by Gasteiger charge is 2.24. The van der Waals surface area contributed by atoms with Gasteiger partial charge in [-0.2, -0.15) is 0 Å². The lowest BCUT2D eigenvalue weighted by Gasteiger charge is -2.22. The molecule has 0 saturated heterocycles. The zero-order valence-electron chi connectivity index (χ0n) is 14.6. The van der Waals surface area contributed by atoms with Gasteiger partial charge in [0.1, 0.15) is 6.04 Å². The van der Waals surface area contributed by atoms with Gasteiger partial charge in [-0.1, -0.05) is 67.4 Å². The molecule has 26 heavy (non-hydrogen) atoms. The van der Waals surface area contributed by atoms with Crippen LogP contribution in [0.4, 0.5) is 11.4 Å². The van der Waals surface area contributed by atoms with Crippen molar-refractivity contribution in [3.63, 3.8) is 0 Å². The van der Waals surface area contributed by atoms with Crippen molar-refractivity contribution in [1.29, 1.82) is 0 Å². The van der Waals surface area contributed by atoms with Crippen LogP contribution < -0.4 is 16.4 Å². The van der Waals surface area contributed by atoms with Gasteiger partial charge in [-0.15, -0.1) is 0 Å². The van der Waals surface area contributed by atoms with Gasteiger partial charge < -0.3 is 16.4 Å². The van der Waals surface area contributed by atoms with Crippen molar-refractivity contribution in [2.45, 2.75) is 26.3 Å². The molecule has 0 aromatic heterocycles. The average molecular weight is 394 g/mol. The zero-order chi connectivity index (χ0) is 19.3. The minimum atomic E-state index is -0.693. The van der Waals surface area contributed by atoms with Crippen LogP contribution >= 0.6 is 23.2 Å². The highest BCUT2D eigenvalue weighted by atomic mass is 35.5. The number of hydrogen-bond acceptors (Lipinski definition) is 3. The van der Waals surface area contributed by atoms with E-state index in [1.165, 1.54) is 12.1 Å². The lowest BCUT2D eigenvalue weighted by molar-refractivity contribution is -0.127. The van der Waals surface area contributed by atoms with Gasteiger partial charge in [0.15, 0.2) is 0 Å². The minimum absolute atomic E-state index is 0.102. The molecule has 2 aromatic carbocycles. The predicted molar refractivity (Wildman–Crippen MR) is 106 cm³/mol. The highest BCUT2D eigenvalue weighted by molar-refractivity contribution is 6.39. The maximum atomic E-state index is 12.6. The molecule has 7 heteroatoms. The fraction of sp³-hybridized carbons (Fsp3) is 0.263. The van der Waals surface area contributed by atoms with Crippen LogP contribution in [0.1, 0.15) is 19.4 Å². The standard InChI is InChI=1S/C19H21Cl2N3O2/c1-11(2)18(24-16(25)8-12-6-4-3-5-7-12)19(26)23-13-9-14(20)17(22)15(21)10-13/h3-7,9-11,18H,8,22H2,1-2H3,(H,23,26)(H,24,25)/t18-/m0/s1. The summed E-state index contributed by atoms with van der Waals surface area (Å²) in [5.74, 6) is -0.675. The fourth-order valence-corrected chi connectivity index (χ4v) is 2.90. The molecule has 5 nitrogen and oxygen atoms in total. The first-order valence-corrected chi connectivity index (χ1v) is 8.92. The number of nitrogens with one attached hydrogen (secondary N) is 2. The van der Waals surface area contributed by atoms with Crippen molar-refractivity contribution in [2.75, 3.05) is 11.1 Å². The Bertz CT molecular complexity index is 772. The minimum Gasteiger partial charge on any atom is -0.396 e. The summed E-state index contributed by atoms with van der Waals surface area (Å²) in [6.45, 7) is 3.71. The van der Waals surface area contributed by atoms with Crippen molar-refractivity contribution in [1.82, 2.24) is 5.32 Å². The molecule has 0 saturated carbocycles. The molecule has 0 aliphatic rings. The molecule has 2 amide bonds. The molecule has 0 spiro atoms. The third kappa shape index (κ3) is 5.38. The Kier molecular flexibility index (Phi) is 6.89. The summed E-state index contributed by atoms with van der Waals surface area (Å²) in [6.07, 6.45) is 0.205. The normalized spacial score (nSPS) is 11.9. The quantitative estimate of drug-likeness (QED) is 0.650. The highest BCUT2D eigenvalue weighted by Crippen LogP contribution is 2.31. The Labute approximate surface area is 162 Å². The first-order chi connectivity index (χ1) is 12.3. The van der Waals surface area contributed by atoms with Crippen LogP contribution in [0.3, 0.4) is 0 Å². The molecule has 0 bridgehead atoms. The Morgan fingerprint density at radius 3 is 2.19 bits per heavy atom. The van der Waals surface area contributed by atoms with E-state index in [9.17, 15) is 9.59 Å². The maximum absolute atomic E-state index is 12.6. The lowest BCUT2D eigenvalue weighted by atomic mass is 10.0. The molecule has 0 fully saturated rings. The van der Waals surface area contributed by atoms with E-state index in [0.717, 1.165) is 5.56 Å². The first-order valence-electron chi connectivity index (χ1n) is 8.16. The van der Waals surface area contributed by atoms with E-state index in [-0.39, 0.29) is 39.9 Å². The summed E-state index contributed by atoms with van der Waals surface area (Å²) in [5, 5.41) is 6.01.